The molecule has 2 aromatic rings. The maximum absolute atomic E-state index is 12.1. The number of hydrogen-bond acceptors (Lipinski definition) is 2. The lowest BCUT2D eigenvalue weighted by Crippen LogP contribution is -2.18. The molecule has 0 aliphatic carbocycles. The standard InChI is InChI=1S/C17H18ClNO/c1-12(2)14-8-6-13(7-9-14)11-15(18)17(20)16-5-3-4-10-19-16/h3-10,12,15H,11H2,1-2H3. The first kappa shape index (κ1) is 14.7. The van der Waals surface area contributed by atoms with E-state index in [-0.39, 0.29) is 5.78 Å². The van der Waals surface area contributed by atoms with Gasteiger partial charge in [0.25, 0.3) is 0 Å². The van der Waals surface area contributed by atoms with Crippen LogP contribution in [-0.4, -0.2) is 16.1 Å². The van der Waals surface area contributed by atoms with E-state index in [4.69, 9.17) is 11.6 Å². The quantitative estimate of drug-likeness (QED) is 0.608. The Morgan fingerprint density at radius 2 is 1.85 bits per heavy atom. The SMILES string of the molecule is CC(C)c1ccc(CC(Cl)C(=O)c2ccccn2)cc1. The maximum atomic E-state index is 12.1. The van der Waals surface area contributed by atoms with Gasteiger partial charge in [-0.25, -0.2) is 0 Å². The molecule has 0 spiro atoms. The van der Waals surface area contributed by atoms with Gasteiger partial charge in [0.2, 0.25) is 0 Å². The minimum atomic E-state index is -0.574. The predicted molar refractivity (Wildman–Crippen MR) is 82.4 cm³/mol. The Bertz CT molecular complexity index is 563. The second-order valence-corrected chi connectivity index (χ2v) is 5.67. The minimum absolute atomic E-state index is 0.125. The van der Waals surface area contributed by atoms with Crippen molar-refractivity contribution in [2.45, 2.75) is 31.6 Å². The van der Waals surface area contributed by atoms with Crippen molar-refractivity contribution in [1.82, 2.24) is 4.98 Å². The highest BCUT2D eigenvalue weighted by Gasteiger charge is 2.18. The van der Waals surface area contributed by atoms with Gasteiger partial charge >= 0.3 is 0 Å². The van der Waals surface area contributed by atoms with Crippen LogP contribution in [0.3, 0.4) is 0 Å². The van der Waals surface area contributed by atoms with E-state index in [0.717, 1.165) is 5.56 Å². The molecular formula is C17H18ClNO. The van der Waals surface area contributed by atoms with Crippen LogP contribution in [0.2, 0.25) is 0 Å². The van der Waals surface area contributed by atoms with Crippen LogP contribution in [0, 0.1) is 0 Å². The average Bonchev–Trinajstić information content (AvgIpc) is 2.48. The number of alkyl halides is 1. The first-order chi connectivity index (χ1) is 9.58. The molecule has 3 heteroatoms. The van der Waals surface area contributed by atoms with Gasteiger partial charge in [0.1, 0.15) is 11.1 Å². The predicted octanol–water partition coefficient (Wildman–Crippen LogP) is 4.24. The Morgan fingerprint density at radius 3 is 2.40 bits per heavy atom. The van der Waals surface area contributed by atoms with E-state index in [1.165, 1.54) is 5.56 Å². The molecular weight excluding hydrogens is 270 g/mol. The number of benzene rings is 1. The smallest absolute Gasteiger partial charge is 0.199 e. The van der Waals surface area contributed by atoms with E-state index in [9.17, 15) is 4.79 Å². The lowest BCUT2D eigenvalue weighted by molar-refractivity contribution is 0.0982. The van der Waals surface area contributed by atoms with Gasteiger partial charge in [0.15, 0.2) is 5.78 Å². The third-order valence-electron chi connectivity index (χ3n) is 3.26. The Morgan fingerprint density at radius 1 is 1.15 bits per heavy atom. The van der Waals surface area contributed by atoms with Crippen LogP contribution in [-0.2, 0) is 6.42 Å². The molecule has 0 radical (unpaired) electrons. The molecule has 0 aliphatic heterocycles. The van der Waals surface area contributed by atoms with Crippen LogP contribution in [0.1, 0.15) is 41.4 Å². The molecule has 0 fully saturated rings. The summed E-state index contributed by atoms with van der Waals surface area (Å²) in [7, 11) is 0. The van der Waals surface area contributed by atoms with Crippen molar-refractivity contribution < 1.29 is 4.79 Å². The molecule has 1 unspecified atom stereocenters. The summed E-state index contributed by atoms with van der Waals surface area (Å²) in [5, 5.41) is -0.574. The van der Waals surface area contributed by atoms with Gasteiger partial charge in [0, 0.05) is 6.20 Å². The number of Topliss-reactive ketones (excluding diaryl/α,β-unsaturated/α-hetero) is 1. The number of pyridine rings is 1. The van der Waals surface area contributed by atoms with Crippen LogP contribution in [0.25, 0.3) is 0 Å². The van der Waals surface area contributed by atoms with Gasteiger partial charge in [-0.1, -0.05) is 44.2 Å². The molecule has 1 aromatic carbocycles. The van der Waals surface area contributed by atoms with Crippen molar-refractivity contribution >= 4 is 17.4 Å². The highest BCUT2D eigenvalue weighted by molar-refractivity contribution is 6.33. The number of ketones is 1. The second kappa shape index (κ2) is 6.67. The highest BCUT2D eigenvalue weighted by Crippen LogP contribution is 2.17. The average molecular weight is 288 g/mol. The van der Waals surface area contributed by atoms with E-state index in [1.807, 2.05) is 12.1 Å². The molecule has 0 aliphatic rings. The molecule has 104 valence electrons. The van der Waals surface area contributed by atoms with Gasteiger partial charge < -0.3 is 0 Å². The summed E-state index contributed by atoms with van der Waals surface area (Å²) in [6.45, 7) is 4.31. The second-order valence-electron chi connectivity index (χ2n) is 5.15. The van der Waals surface area contributed by atoms with E-state index in [2.05, 4.69) is 31.0 Å². The molecule has 1 heterocycles. The van der Waals surface area contributed by atoms with Crippen molar-refractivity contribution in [3.05, 3.63) is 65.5 Å². The molecule has 0 saturated heterocycles. The van der Waals surface area contributed by atoms with E-state index < -0.39 is 5.38 Å². The first-order valence-electron chi connectivity index (χ1n) is 6.76. The van der Waals surface area contributed by atoms with E-state index >= 15 is 0 Å². The van der Waals surface area contributed by atoms with Gasteiger partial charge in [-0.2, -0.15) is 0 Å². The monoisotopic (exact) mass is 287 g/mol. The summed E-state index contributed by atoms with van der Waals surface area (Å²) in [5.41, 5.74) is 2.78. The molecule has 0 saturated carbocycles. The fourth-order valence-corrected chi connectivity index (χ4v) is 2.30. The zero-order valence-corrected chi connectivity index (χ0v) is 12.5. The summed E-state index contributed by atoms with van der Waals surface area (Å²) in [5.74, 6) is 0.381. The van der Waals surface area contributed by atoms with Crippen LogP contribution in [0.15, 0.2) is 48.7 Å². The number of hydrogen-bond donors (Lipinski definition) is 0. The number of aromatic nitrogens is 1. The Labute approximate surface area is 124 Å². The molecule has 1 atom stereocenters. The summed E-state index contributed by atoms with van der Waals surface area (Å²) >= 11 is 6.21. The first-order valence-corrected chi connectivity index (χ1v) is 7.19. The third-order valence-corrected chi connectivity index (χ3v) is 3.62. The summed E-state index contributed by atoms with van der Waals surface area (Å²) < 4.78 is 0. The Hall–Kier alpha value is -1.67. The zero-order chi connectivity index (χ0) is 14.5. The number of carbonyl (C=O) groups excluding carboxylic acids is 1. The Balaban J connectivity index is 2.04. The molecule has 0 amide bonds. The van der Waals surface area contributed by atoms with E-state index in [0.29, 0.717) is 18.0 Å². The summed E-state index contributed by atoms with van der Waals surface area (Å²) in [6, 6.07) is 13.5. The molecule has 20 heavy (non-hydrogen) atoms. The van der Waals surface area contributed by atoms with Gasteiger partial charge in [0.05, 0.1) is 0 Å². The zero-order valence-electron chi connectivity index (χ0n) is 11.7. The number of nitrogens with zero attached hydrogens (tertiary/aromatic N) is 1. The topological polar surface area (TPSA) is 30.0 Å². The highest BCUT2D eigenvalue weighted by atomic mass is 35.5. The Kier molecular flexibility index (Phi) is 4.91. The lowest BCUT2D eigenvalue weighted by atomic mass is 9.99. The van der Waals surface area contributed by atoms with E-state index in [1.54, 1.807) is 24.4 Å². The largest absolute Gasteiger partial charge is 0.291 e. The lowest BCUT2D eigenvalue weighted by Gasteiger charge is -2.10. The summed E-state index contributed by atoms with van der Waals surface area (Å²) in [6.07, 6.45) is 2.13. The molecule has 2 nitrogen and oxygen atoms in total. The normalized spacial score (nSPS) is 12.4. The molecule has 0 bridgehead atoms. The molecule has 0 N–H and O–H groups in total. The van der Waals surface area contributed by atoms with Gasteiger partial charge in [-0.05, 0) is 35.6 Å². The molecule has 2 rings (SSSR count). The van der Waals surface area contributed by atoms with Crippen molar-refractivity contribution in [3.63, 3.8) is 0 Å². The minimum Gasteiger partial charge on any atom is -0.291 e. The number of halogens is 1. The third kappa shape index (κ3) is 3.67. The van der Waals surface area contributed by atoms with Crippen LogP contribution in [0.4, 0.5) is 0 Å². The van der Waals surface area contributed by atoms with Crippen molar-refractivity contribution in [2.24, 2.45) is 0 Å². The van der Waals surface area contributed by atoms with Crippen LogP contribution in [0.5, 0.6) is 0 Å². The van der Waals surface area contributed by atoms with Crippen molar-refractivity contribution in [2.75, 3.05) is 0 Å². The van der Waals surface area contributed by atoms with Gasteiger partial charge in [-0.15, -0.1) is 11.6 Å². The fourth-order valence-electron chi connectivity index (χ4n) is 2.01. The van der Waals surface area contributed by atoms with Gasteiger partial charge in [-0.3, -0.25) is 9.78 Å². The van der Waals surface area contributed by atoms with Crippen LogP contribution >= 0.6 is 11.6 Å². The maximum Gasteiger partial charge on any atom is 0.199 e. The number of rotatable bonds is 5. The van der Waals surface area contributed by atoms with Crippen LogP contribution < -0.4 is 0 Å². The number of carbonyl (C=O) groups is 1. The van der Waals surface area contributed by atoms with Crippen molar-refractivity contribution in [1.29, 1.82) is 0 Å². The summed E-state index contributed by atoms with van der Waals surface area (Å²) in [4.78, 5) is 16.2. The fraction of sp³-hybridized carbons (Fsp3) is 0.294. The molecule has 1 aromatic heterocycles. The van der Waals surface area contributed by atoms with Crippen molar-refractivity contribution in [3.8, 4) is 0 Å².